The van der Waals surface area contributed by atoms with E-state index < -0.39 is 9.84 Å². The van der Waals surface area contributed by atoms with E-state index in [1.54, 1.807) is 36.0 Å². The lowest BCUT2D eigenvalue weighted by molar-refractivity contribution is -0.118. The lowest BCUT2D eigenvalue weighted by atomic mass is 10.3. The molecule has 0 saturated heterocycles. The van der Waals surface area contributed by atoms with E-state index in [0.717, 1.165) is 22.4 Å². The maximum absolute atomic E-state index is 12.4. The highest BCUT2D eigenvalue weighted by Gasteiger charge is 2.12. The number of rotatable bonds is 8. The fourth-order valence-corrected chi connectivity index (χ4v) is 5.46. The van der Waals surface area contributed by atoms with E-state index in [4.69, 9.17) is 0 Å². The smallest absolute Gasteiger partial charge is 0.248 e. The molecule has 0 aliphatic carbocycles. The summed E-state index contributed by atoms with van der Waals surface area (Å²) in [5.74, 6) is 0.675. The maximum Gasteiger partial charge on any atom is 0.248 e. The minimum Gasteiger partial charge on any atom is -0.313 e. The number of hydrogen-bond donors (Lipinski definition) is 0. The van der Waals surface area contributed by atoms with Crippen LogP contribution in [0.4, 0.5) is 0 Å². The largest absolute Gasteiger partial charge is 0.313 e. The van der Waals surface area contributed by atoms with E-state index in [0.29, 0.717) is 17.8 Å². The van der Waals surface area contributed by atoms with Crippen molar-refractivity contribution < 1.29 is 13.2 Å². The molecule has 3 aromatic rings. The van der Waals surface area contributed by atoms with Crippen LogP contribution in [-0.4, -0.2) is 30.9 Å². The van der Waals surface area contributed by atoms with Gasteiger partial charge in [0.15, 0.2) is 14.6 Å². The Hall–Kier alpha value is -2.16. The molecule has 8 heteroatoms. The molecular formula is C21H22N2O3S3. The zero-order valence-corrected chi connectivity index (χ0v) is 18.5. The highest BCUT2D eigenvalue weighted by Crippen LogP contribution is 2.22. The summed E-state index contributed by atoms with van der Waals surface area (Å²) < 4.78 is 26.3. The van der Waals surface area contributed by atoms with Crippen LogP contribution in [0.5, 0.6) is 0 Å². The summed E-state index contributed by atoms with van der Waals surface area (Å²) in [6.07, 6.45) is 4.03. The molecule has 0 saturated carbocycles. The lowest BCUT2D eigenvalue weighted by Gasteiger charge is -2.02. The highest BCUT2D eigenvalue weighted by molar-refractivity contribution is 7.99. The minimum atomic E-state index is -3.29. The normalized spacial score (nSPS) is 12.4. The molecule has 0 fully saturated rings. The van der Waals surface area contributed by atoms with Crippen molar-refractivity contribution >= 4 is 49.1 Å². The average Bonchev–Trinajstić information content (AvgIpc) is 3.02. The molecule has 0 radical (unpaired) electrons. The number of aromatic nitrogens is 1. The first-order valence-corrected chi connectivity index (χ1v) is 12.8. The summed E-state index contributed by atoms with van der Waals surface area (Å²) >= 11 is 3.04. The third-order valence-electron chi connectivity index (χ3n) is 4.16. The van der Waals surface area contributed by atoms with Crippen LogP contribution in [0, 0.1) is 0 Å². The molecule has 3 rings (SSSR count). The van der Waals surface area contributed by atoms with Gasteiger partial charge >= 0.3 is 0 Å². The number of fused-ring (bicyclic) bond motifs is 1. The zero-order chi connectivity index (χ0) is 20.9. The van der Waals surface area contributed by atoms with Gasteiger partial charge in [-0.3, -0.25) is 4.79 Å². The van der Waals surface area contributed by atoms with Gasteiger partial charge in [0.2, 0.25) is 5.91 Å². The van der Waals surface area contributed by atoms with E-state index in [9.17, 15) is 13.2 Å². The first-order chi connectivity index (χ1) is 13.9. The van der Waals surface area contributed by atoms with Gasteiger partial charge in [0, 0.05) is 24.1 Å². The second-order valence-corrected chi connectivity index (χ2v) is 10.6. The third-order valence-corrected chi connectivity index (χ3v) is 7.41. The van der Waals surface area contributed by atoms with Crippen molar-refractivity contribution in [3.8, 4) is 0 Å². The number of carbonyl (C=O) groups excluding carboxylic acids is 1. The summed E-state index contributed by atoms with van der Waals surface area (Å²) in [6, 6.07) is 15.1. The number of hydrogen-bond acceptors (Lipinski definition) is 5. The van der Waals surface area contributed by atoms with E-state index in [1.807, 2.05) is 22.8 Å². The van der Waals surface area contributed by atoms with Crippen LogP contribution in [-0.2, 0) is 21.2 Å². The van der Waals surface area contributed by atoms with Crippen LogP contribution in [0.25, 0.3) is 10.2 Å². The molecule has 0 atom stereocenters. The topological polar surface area (TPSA) is 68.5 Å². The average molecular weight is 447 g/mol. The summed E-state index contributed by atoms with van der Waals surface area (Å²) in [5, 5.41) is 0. The highest BCUT2D eigenvalue weighted by atomic mass is 32.2. The predicted molar refractivity (Wildman–Crippen MR) is 120 cm³/mol. The molecule has 0 bridgehead atoms. The second kappa shape index (κ2) is 9.56. The Labute approximate surface area is 178 Å². The van der Waals surface area contributed by atoms with Crippen LogP contribution < -0.4 is 4.80 Å². The molecule has 2 aromatic carbocycles. The number of amides is 1. The van der Waals surface area contributed by atoms with Gasteiger partial charge in [-0.2, -0.15) is 4.99 Å². The summed E-state index contributed by atoms with van der Waals surface area (Å²) in [5.41, 5.74) is 0.841. The van der Waals surface area contributed by atoms with Gasteiger partial charge < -0.3 is 4.57 Å². The zero-order valence-electron chi connectivity index (χ0n) is 16.1. The lowest BCUT2D eigenvalue weighted by Crippen LogP contribution is -2.16. The van der Waals surface area contributed by atoms with Crippen LogP contribution in [0.15, 0.2) is 76.0 Å². The SMILES string of the molecule is C=CCn1c(=NC(=O)CCCSc2ccccc2)sc2cc(S(C)(=O)=O)ccc21. The first kappa shape index (κ1) is 21.5. The van der Waals surface area contributed by atoms with Gasteiger partial charge in [-0.15, -0.1) is 18.3 Å². The standard InChI is InChI=1S/C21H22N2O3S3/c1-3-13-23-18-12-11-17(29(2,25)26)15-19(18)28-21(23)22-20(24)10-7-14-27-16-8-5-4-6-9-16/h3-6,8-9,11-12,15H,1,7,10,13-14H2,2H3. The Morgan fingerprint density at radius 1 is 1.24 bits per heavy atom. The van der Waals surface area contributed by atoms with Gasteiger partial charge in [-0.25, -0.2) is 8.42 Å². The van der Waals surface area contributed by atoms with Crippen molar-refractivity contribution in [3.63, 3.8) is 0 Å². The van der Waals surface area contributed by atoms with Crippen LogP contribution in [0.1, 0.15) is 12.8 Å². The summed E-state index contributed by atoms with van der Waals surface area (Å²) in [7, 11) is -3.29. The second-order valence-electron chi connectivity index (χ2n) is 6.46. The number of nitrogens with zero attached hydrogens (tertiary/aromatic N) is 2. The van der Waals surface area contributed by atoms with Crippen molar-refractivity contribution in [2.75, 3.05) is 12.0 Å². The van der Waals surface area contributed by atoms with Gasteiger partial charge in [0.1, 0.15) is 0 Å². The van der Waals surface area contributed by atoms with Crippen molar-refractivity contribution in [2.24, 2.45) is 4.99 Å². The monoisotopic (exact) mass is 446 g/mol. The Balaban J connectivity index is 1.77. The van der Waals surface area contributed by atoms with Crippen molar-refractivity contribution in [1.29, 1.82) is 0 Å². The Bertz CT molecular complexity index is 1190. The van der Waals surface area contributed by atoms with Crippen molar-refractivity contribution in [1.82, 2.24) is 4.57 Å². The number of thiazole rings is 1. The Morgan fingerprint density at radius 3 is 2.69 bits per heavy atom. The fourth-order valence-electron chi connectivity index (χ4n) is 2.77. The van der Waals surface area contributed by atoms with Crippen LogP contribution >= 0.6 is 23.1 Å². The van der Waals surface area contributed by atoms with Crippen LogP contribution in [0.2, 0.25) is 0 Å². The summed E-state index contributed by atoms with van der Waals surface area (Å²) in [4.78, 5) is 18.7. The molecule has 29 heavy (non-hydrogen) atoms. The van der Waals surface area contributed by atoms with Gasteiger partial charge in [0.05, 0.1) is 15.1 Å². The molecule has 1 amide bonds. The quantitative estimate of drug-likeness (QED) is 0.294. The van der Waals surface area contributed by atoms with E-state index >= 15 is 0 Å². The van der Waals surface area contributed by atoms with Gasteiger partial charge in [-0.05, 0) is 42.5 Å². The van der Waals surface area contributed by atoms with E-state index in [2.05, 4.69) is 23.7 Å². The molecule has 0 spiro atoms. The van der Waals surface area contributed by atoms with Crippen molar-refractivity contribution in [3.05, 3.63) is 66.0 Å². The Kier molecular flexibility index (Phi) is 7.10. The van der Waals surface area contributed by atoms with E-state index in [1.165, 1.54) is 22.5 Å². The third kappa shape index (κ3) is 5.68. The predicted octanol–water partition coefficient (Wildman–Crippen LogP) is 4.29. The molecule has 0 aliphatic rings. The van der Waals surface area contributed by atoms with Crippen LogP contribution in [0.3, 0.4) is 0 Å². The molecule has 0 unspecified atom stereocenters. The fraction of sp³-hybridized carbons (Fsp3) is 0.238. The molecule has 152 valence electrons. The summed E-state index contributed by atoms with van der Waals surface area (Å²) in [6.45, 7) is 4.26. The number of carbonyl (C=O) groups is 1. The molecule has 0 aliphatic heterocycles. The number of benzene rings is 2. The number of thioether (sulfide) groups is 1. The number of sulfone groups is 1. The maximum atomic E-state index is 12.4. The molecule has 1 aromatic heterocycles. The first-order valence-electron chi connectivity index (χ1n) is 9.08. The van der Waals surface area contributed by atoms with E-state index in [-0.39, 0.29) is 10.8 Å². The van der Waals surface area contributed by atoms with Crippen molar-refractivity contribution in [2.45, 2.75) is 29.2 Å². The Morgan fingerprint density at radius 2 is 2.00 bits per heavy atom. The molecule has 1 heterocycles. The van der Waals surface area contributed by atoms with Gasteiger partial charge in [0.25, 0.3) is 0 Å². The molecule has 0 N–H and O–H groups in total. The molecule has 5 nitrogen and oxygen atoms in total. The number of allylic oxidation sites excluding steroid dienone is 1. The molecular weight excluding hydrogens is 424 g/mol. The minimum absolute atomic E-state index is 0.175. The van der Waals surface area contributed by atoms with Gasteiger partial charge in [-0.1, -0.05) is 35.6 Å².